The highest BCUT2D eigenvalue weighted by molar-refractivity contribution is 9.10. The number of methoxy groups -OCH3 is 1. The Kier molecular flexibility index (Phi) is 3.55. The first kappa shape index (κ1) is 10.0. The molecule has 2 N–H and O–H groups in total. The first-order valence-corrected chi connectivity index (χ1v) is 5.32. The van der Waals surface area contributed by atoms with Crippen molar-refractivity contribution in [3.8, 4) is 5.06 Å². The molecule has 68 valence electrons. The van der Waals surface area contributed by atoms with E-state index in [4.69, 9.17) is 10.5 Å². The molecular formula is C8H12BrNOS. The Hall–Kier alpha value is -0.0600. The maximum absolute atomic E-state index is 5.68. The number of rotatable bonds is 3. The van der Waals surface area contributed by atoms with Crippen molar-refractivity contribution in [2.45, 2.75) is 19.4 Å². The van der Waals surface area contributed by atoms with Crippen molar-refractivity contribution in [2.75, 3.05) is 7.11 Å². The van der Waals surface area contributed by atoms with Gasteiger partial charge in [0.25, 0.3) is 0 Å². The highest BCUT2D eigenvalue weighted by Gasteiger charge is 2.07. The monoisotopic (exact) mass is 249 g/mol. The molecule has 0 aromatic carbocycles. The maximum Gasteiger partial charge on any atom is 0.188 e. The van der Waals surface area contributed by atoms with E-state index in [1.54, 1.807) is 18.4 Å². The van der Waals surface area contributed by atoms with Gasteiger partial charge in [-0.05, 0) is 35.3 Å². The van der Waals surface area contributed by atoms with Gasteiger partial charge >= 0.3 is 0 Å². The summed E-state index contributed by atoms with van der Waals surface area (Å²) in [6.07, 6.45) is 0.909. The van der Waals surface area contributed by atoms with Gasteiger partial charge in [-0.2, -0.15) is 0 Å². The summed E-state index contributed by atoms with van der Waals surface area (Å²) >= 11 is 5.05. The number of hydrogen-bond donors (Lipinski definition) is 1. The molecule has 0 unspecified atom stereocenters. The van der Waals surface area contributed by atoms with Crippen molar-refractivity contribution in [1.82, 2.24) is 0 Å². The van der Waals surface area contributed by atoms with Gasteiger partial charge in [-0.1, -0.05) is 0 Å². The standard InChI is InChI=1S/C8H12BrNOS/c1-5(10)3-6-4-7(9)8(11-2)12-6/h4-5H,3,10H2,1-2H3/t5-/m0/s1. The van der Waals surface area contributed by atoms with Crippen molar-refractivity contribution >= 4 is 27.3 Å². The quantitative estimate of drug-likeness (QED) is 0.894. The minimum absolute atomic E-state index is 0.209. The normalized spacial score (nSPS) is 13.0. The molecule has 2 nitrogen and oxygen atoms in total. The molecular weight excluding hydrogens is 238 g/mol. The van der Waals surface area contributed by atoms with E-state index < -0.39 is 0 Å². The average molecular weight is 250 g/mol. The minimum Gasteiger partial charge on any atom is -0.486 e. The molecule has 0 fully saturated rings. The summed E-state index contributed by atoms with van der Waals surface area (Å²) in [5.41, 5.74) is 5.68. The predicted octanol–water partition coefficient (Wildman–Crippen LogP) is 2.41. The lowest BCUT2D eigenvalue weighted by Crippen LogP contribution is -2.16. The molecule has 0 radical (unpaired) electrons. The highest BCUT2D eigenvalue weighted by atomic mass is 79.9. The molecule has 1 aromatic rings. The van der Waals surface area contributed by atoms with Crippen LogP contribution >= 0.6 is 27.3 Å². The van der Waals surface area contributed by atoms with E-state index in [0.29, 0.717) is 0 Å². The van der Waals surface area contributed by atoms with E-state index in [-0.39, 0.29) is 6.04 Å². The third-order valence-electron chi connectivity index (χ3n) is 1.42. The largest absolute Gasteiger partial charge is 0.486 e. The lowest BCUT2D eigenvalue weighted by atomic mass is 10.2. The Morgan fingerprint density at radius 3 is 2.83 bits per heavy atom. The zero-order valence-corrected chi connectivity index (χ0v) is 9.54. The summed E-state index contributed by atoms with van der Waals surface area (Å²) in [5.74, 6) is 0. The van der Waals surface area contributed by atoms with Crippen molar-refractivity contribution in [3.05, 3.63) is 15.4 Å². The molecule has 1 rings (SSSR count). The van der Waals surface area contributed by atoms with Crippen LogP contribution in [-0.4, -0.2) is 13.2 Å². The van der Waals surface area contributed by atoms with Gasteiger partial charge in [-0.15, -0.1) is 11.3 Å². The van der Waals surface area contributed by atoms with Gasteiger partial charge in [0.2, 0.25) is 0 Å². The van der Waals surface area contributed by atoms with Gasteiger partial charge in [-0.25, -0.2) is 0 Å². The zero-order valence-electron chi connectivity index (χ0n) is 7.13. The van der Waals surface area contributed by atoms with Crippen LogP contribution in [0.4, 0.5) is 0 Å². The van der Waals surface area contributed by atoms with E-state index in [9.17, 15) is 0 Å². The molecule has 1 aromatic heterocycles. The summed E-state index contributed by atoms with van der Waals surface area (Å²) in [4.78, 5) is 1.26. The molecule has 0 saturated carbocycles. The molecule has 0 spiro atoms. The van der Waals surface area contributed by atoms with Gasteiger partial charge in [0, 0.05) is 10.9 Å². The van der Waals surface area contributed by atoms with Crippen LogP contribution in [0.3, 0.4) is 0 Å². The van der Waals surface area contributed by atoms with Gasteiger partial charge in [-0.3, -0.25) is 0 Å². The second kappa shape index (κ2) is 4.25. The maximum atomic E-state index is 5.68. The second-order valence-corrected chi connectivity index (χ2v) is 4.69. The Morgan fingerprint density at radius 1 is 1.75 bits per heavy atom. The van der Waals surface area contributed by atoms with Crippen LogP contribution in [0.5, 0.6) is 5.06 Å². The molecule has 0 amide bonds. The number of hydrogen-bond acceptors (Lipinski definition) is 3. The lowest BCUT2D eigenvalue weighted by molar-refractivity contribution is 0.425. The van der Waals surface area contributed by atoms with Crippen LogP contribution in [0.15, 0.2) is 10.5 Å². The predicted molar refractivity (Wildman–Crippen MR) is 55.9 cm³/mol. The molecule has 1 atom stereocenters. The molecule has 1 heterocycles. The van der Waals surface area contributed by atoms with Gasteiger partial charge in [0.1, 0.15) is 0 Å². The van der Waals surface area contributed by atoms with Gasteiger partial charge in [0.05, 0.1) is 11.6 Å². The summed E-state index contributed by atoms with van der Waals surface area (Å²) < 4.78 is 6.16. The Labute approximate surface area is 84.9 Å². The summed E-state index contributed by atoms with van der Waals surface area (Å²) in [7, 11) is 1.67. The van der Waals surface area contributed by atoms with Gasteiger partial charge in [0.15, 0.2) is 5.06 Å². The molecule has 4 heteroatoms. The Bertz CT molecular complexity index is 260. The molecule has 12 heavy (non-hydrogen) atoms. The fourth-order valence-corrected chi connectivity index (χ4v) is 2.79. The number of ether oxygens (including phenoxy) is 1. The van der Waals surface area contributed by atoms with E-state index in [1.165, 1.54) is 4.88 Å². The zero-order chi connectivity index (χ0) is 9.14. The Balaban J connectivity index is 2.75. The average Bonchev–Trinajstić information content (AvgIpc) is 2.29. The third-order valence-corrected chi connectivity index (χ3v) is 3.39. The molecule has 0 aliphatic rings. The second-order valence-electron chi connectivity index (χ2n) is 2.73. The first-order valence-electron chi connectivity index (χ1n) is 3.71. The van der Waals surface area contributed by atoms with Crippen molar-refractivity contribution < 1.29 is 4.74 Å². The number of halogens is 1. The number of thiophene rings is 1. The smallest absolute Gasteiger partial charge is 0.188 e. The van der Waals surface area contributed by atoms with Crippen molar-refractivity contribution in [1.29, 1.82) is 0 Å². The van der Waals surface area contributed by atoms with Gasteiger partial charge < -0.3 is 10.5 Å². The van der Waals surface area contributed by atoms with E-state index in [2.05, 4.69) is 22.0 Å². The van der Waals surface area contributed by atoms with Crippen LogP contribution in [0.1, 0.15) is 11.8 Å². The van der Waals surface area contributed by atoms with Crippen LogP contribution < -0.4 is 10.5 Å². The molecule has 0 bridgehead atoms. The van der Waals surface area contributed by atoms with Crippen LogP contribution in [0.2, 0.25) is 0 Å². The van der Waals surface area contributed by atoms with E-state index >= 15 is 0 Å². The summed E-state index contributed by atoms with van der Waals surface area (Å²) in [6, 6.07) is 2.27. The van der Waals surface area contributed by atoms with E-state index in [0.717, 1.165) is 16.0 Å². The van der Waals surface area contributed by atoms with Crippen LogP contribution in [0.25, 0.3) is 0 Å². The third kappa shape index (κ3) is 2.47. The van der Waals surface area contributed by atoms with Crippen LogP contribution in [0, 0.1) is 0 Å². The summed E-state index contributed by atoms with van der Waals surface area (Å²) in [6.45, 7) is 2.00. The van der Waals surface area contributed by atoms with Crippen LogP contribution in [-0.2, 0) is 6.42 Å². The Morgan fingerprint density at radius 2 is 2.42 bits per heavy atom. The number of nitrogens with two attached hydrogens (primary N) is 1. The first-order chi connectivity index (χ1) is 5.63. The molecule has 0 aliphatic heterocycles. The topological polar surface area (TPSA) is 35.2 Å². The van der Waals surface area contributed by atoms with E-state index in [1.807, 2.05) is 6.92 Å². The van der Waals surface area contributed by atoms with Crippen molar-refractivity contribution in [2.24, 2.45) is 5.73 Å². The highest BCUT2D eigenvalue weighted by Crippen LogP contribution is 2.34. The fraction of sp³-hybridized carbons (Fsp3) is 0.500. The molecule has 0 aliphatic carbocycles. The summed E-state index contributed by atoms with van der Waals surface area (Å²) in [5, 5.41) is 0.922. The molecule has 0 saturated heterocycles. The SMILES string of the molecule is COc1sc(C[C@H](C)N)cc1Br. The lowest BCUT2D eigenvalue weighted by Gasteiger charge is -1.99. The minimum atomic E-state index is 0.209. The fourth-order valence-electron chi connectivity index (χ4n) is 0.955. The van der Waals surface area contributed by atoms with Crippen molar-refractivity contribution in [3.63, 3.8) is 0 Å².